The first-order chi connectivity index (χ1) is 16.1. The van der Waals surface area contributed by atoms with Gasteiger partial charge in [0.2, 0.25) is 5.95 Å². The summed E-state index contributed by atoms with van der Waals surface area (Å²) in [4.78, 5) is 28.2. The molecule has 0 atom stereocenters. The Bertz CT molecular complexity index is 1500. The van der Waals surface area contributed by atoms with Crippen molar-refractivity contribution in [3.8, 4) is 28.1 Å². The molecule has 0 saturated heterocycles. The van der Waals surface area contributed by atoms with Crippen LogP contribution in [0.15, 0.2) is 84.0 Å². The number of nitrogens with two attached hydrogens (primary N) is 1. The monoisotopic (exact) mass is 436 g/mol. The van der Waals surface area contributed by atoms with E-state index < -0.39 is 0 Å². The molecule has 5 rings (SSSR count). The number of pyridine rings is 2. The summed E-state index contributed by atoms with van der Waals surface area (Å²) in [6, 6.07) is 19.4. The molecule has 0 amide bonds. The first kappa shape index (κ1) is 20.2. The number of ether oxygens (including phenoxy) is 1. The van der Waals surface area contributed by atoms with Gasteiger partial charge in [0.15, 0.2) is 0 Å². The fraction of sp³-hybridized carbons (Fsp3) is 0.0400. The molecule has 8 nitrogen and oxygen atoms in total. The molecular formula is C25H20N6O2. The van der Waals surface area contributed by atoms with Crippen LogP contribution in [-0.4, -0.2) is 27.0 Å². The second-order valence-corrected chi connectivity index (χ2v) is 7.36. The van der Waals surface area contributed by atoms with Gasteiger partial charge in [0.25, 0.3) is 5.56 Å². The minimum atomic E-state index is -0.240. The van der Waals surface area contributed by atoms with E-state index in [2.05, 4.69) is 20.3 Å². The highest BCUT2D eigenvalue weighted by atomic mass is 16.5. The molecule has 0 radical (unpaired) electrons. The Balaban J connectivity index is 1.61. The van der Waals surface area contributed by atoms with E-state index in [0.29, 0.717) is 28.2 Å². The van der Waals surface area contributed by atoms with Gasteiger partial charge in [-0.15, -0.1) is 0 Å². The van der Waals surface area contributed by atoms with Crippen LogP contribution in [0.1, 0.15) is 0 Å². The number of nitrogens with zero attached hydrogens (tertiary/aromatic N) is 3. The number of aromatic nitrogens is 4. The van der Waals surface area contributed by atoms with Gasteiger partial charge in [0, 0.05) is 41.5 Å². The molecule has 33 heavy (non-hydrogen) atoms. The van der Waals surface area contributed by atoms with Crippen LogP contribution in [-0.2, 0) is 0 Å². The van der Waals surface area contributed by atoms with Crippen LogP contribution in [0.4, 0.5) is 17.5 Å². The second kappa shape index (κ2) is 8.43. The van der Waals surface area contributed by atoms with E-state index >= 15 is 0 Å². The fourth-order valence-corrected chi connectivity index (χ4v) is 3.68. The highest BCUT2D eigenvalue weighted by molar-refractivity contribution is 5.95. The van der Waals surface area contributed by atoms with Crippen molar-refractivity contribution in [1.29, 1.82) is 0 Å². The zero-order chi connectivity index (χ0) is 22.8. The van der Waals surface area contributed by atoms with Gasteiger partial charge in [-0.3, -0.25) is 4.79 Å². The van der Waals surface area contributed by atoms with E-state index in [9.17, 15) is 4.79 Å². The number of rotatable bonds is 5. The van der Waals surface area contributed by atoms with Crippen LogP contribution < -0.4 is 21.3 Å². The van der Waals surface area contributed by atoms with E-state index in [1.54, 1.807) is 25.7 Å². The topological polar surface area (TPSA) is 119 Å². The predicted octanol–water partition coefficient (Wildman–Crippen LogP) is 4.38. The van der Waals surface area contributed by atoms with Gasteiger partial charge in [-0.05, 0) is 35.2 Å². The number of methoxy groups -OCH3 is 1. The number of benzene rings is 2. The van der Waals surface area contributed by atoms with Crippen LogP contribution >= 0.6 is 0 Å². The molecule has 4 N–H and O–H groups in total. The molecule has 3 aromatic heterocycles. The Kier molecular flexibility index (Phi) is 5.16. The summed E-state index contributed by atoms with van der Waals surface area (Å²) in [5.74, 6) is 1.29. The van der Waals surface area contributed by atoms with Crippen molar-refractivity contribution in [2.24, 2.45) is 0 Å². The van der Waals surface area contributed by atoms with E-state index in [0.717, 1.165) is 22.2 Å². The molecule has 0 unspecified atom stereocenters. The third-order valence-corrected chi connectivity index (χ3v) is 5.27. The van der Waals surface area contributed by atoms with Gasteiger partial charge in [-0.2, -0.15) is 0 Å². The highest BCUT2D eigenvalue weighted by Crippen LogP contribution is 2.34. The maximum Gasteiger partial charge on any atom is 0.259 e. The number of H-pyrrole nitrogens is 1. The number of fused-ring (bicyclic) bond motifs is 1. The van der Waals surface area contributed by atoms with Crippen molar-refractivity contribution in [3.63, 3.8) is 0 Å². The van der Waals surface area contributed by atoms with Crippen molar-refractivity contribution in [3.05, 3.63) is 89.6 Å². The molecule has 0 spiro atoms. The van der Waals surface area contributed by atoms with Gasteiger partial charge in [-0.25, -0.2) is 15.0 Å². The number of hydrogen-bond donors (Lipinski definition) is 3. The molecule has 162 valence electrons. The Morgan fingerprint density at radius 2 is 1.76 bits per heavy atom. The van der Waals surface area contributed by atoms with E-state index in [1.165, 1.54) is 0 Å². The maximum atomic E-state index is 12.6. The number of anilines is 3. The lowest BCUT2D eigenvalue weighted by molar-refractivity contribution is 0.416. The molecule has 0 saturated carbocycles. The van der Waals surface area contributed by atoms with Crippen LogP contribution in [0.25, 0.3) is 33.2 Å². The maximum absolute atomic E-state index is 12.6. The molecule has 5 aromatic rings. The third-order valence-electron chi connectivity index (χ3n) is 5.27. The summed E-state index contributed by atoms with van der Waals surface area (Å²) in [7, 11) is 1.63. The Morgan fingerprint density at radius 1 is 0.970 bits per heavy atom. The quantitative estimate of drug-likeness (QED) is 0.374. The first-order valence-electron chi connectivity index (χ1n) is 10.2. The van der Waals surface area contributed by atoms with Crippen molar-refractivity contribution in [2.45, 2.75) is 0 Å². The van der Waals surface area contributed by atoms with E-state index in [4.69, 9.17) is 15.5 Å². The molecule has 2 aromatic carbocycles. The number of nitrogens with one attached hydrogen (secondary N) is 2. The first-order valence-corrected chi connectivity index (χ1v) is 10.2. The average Bonchev–Trinajstić information content (AvgIpc) is 2.85. The Labute approximate surface area is 189 Å². The lowest BCUT2D eigenvalue weighted by atomic mass is 10.0. The Hall–Kier alpha value is -4.72. The summed E-state index contributed by atoms with van der Waals surface area (Å²) >= 11 is 0. The number of hydrogen-bond acceptors (Lipinski definition) is 7. The lowest BCUT2D eigenvalue weighted by Gasteiger charge is -2.14. The van der Waals surface area contributed by atoms with E-state index in [-0.39, 0.29) is 11.5 Å². The van der Waals surface area contributed by atoms with E-state index in [1.807, 2.05) is 60.7 Å². The number of aromatic amines is 1. The second-order valence-electron chi connectivity index (χ2n) is 7.36. The summed E-state index contributed by atoms with van der Waals surface area (Å²) < 4.78 is 5.64. The smallest absolute Gasteiger partial charge is 0.259 e. The SMILES string of the molecule is COc1cc(Nc2nc(-c3cnc(N)nc3)cc3cc[nH]c(=O)c23)ccc1-c1ccccc1. The standard InChI is InChI=1S/C25H20N6O2/c1-33-21-12-18(7-8-19(21)15-5-3-2-4-6-15)30-23-22-16(9-10-27-24(22)32)11-20(31-23)17-13-28-25(26)29-14-17/h2-14H,1H3,(H,27,32)(H,30,31)(H2,26,28,29). The van der Waals surface area contributed by atoms with Crippen molar-refractivity contribution in [1.82, 2.24) is 19.9 Å². The van der Waals surface area contributed by atoms with Crippen LogP contribution in [0.2, 0.25) is 0 Å². The summed E-state index contributed by atoms with van der Waals surface area (Å²) in [5.41, 5.74) is 9.42. The van der Waals surface area contributed by atoms with Crippen LogP contribution in [0, 0.1) is 0 Å². The zero-order valence-electron chi connectivity index (χ0n) is 17.7. The van der Waals surface area contributed by atoms with Crippen molar-refractivity contribution >= 4 is 28.2 Å². The molecule has 3 heterocycles. The molecule has 0 bridgehead atoms. The van der Waals surface area contributed by atoms with Gasteiger partial charge < -0.3 is 20.8 Å². The molecular weight excluding hydrogens is 416 g/mol. The minimum absolute atomic E-state index is 0.180. The summed E-state index contributed by atoms with van der Waals surface area (Å²) in [5, 5.41) is 4.47. The minimum Gasteiger partial charge on any atom is -0.496 e. The van der Waals surface area contributed by atoms with Crippen LogP contribution in [0.3, 0.4) is 0 Å². The third kappa shape index (κ3) is 3.97. The lowest BCUT2D eigenvalue weighted by Crippen LogP contribution is -2.09. The largest absolute Gasteiger partial charge is 0.496 e. The van der Waals surface area contributed by atoms with Crippen molar-refractivity contribution < 1.29 is 4.74 Å². The zero-order valence-corrected chi connectivity index (χ0v) is 17.7. The highest BCUT2D eigenvalue weighted by Gasteiger charge is 2.13. The molecule has 0 aliphatic heterocycles. The number of nitrogen functional groups attached to an aromatic ring is 1. The molecule has 0 aliphatic carbocycles. The molecule has 8 heteroatoms. The predicted molar refractivity (Wildman–Crippen MR) is 130 cm³/mol. The van der Waals surface area contributed by atoms with Gasteiger partial charge in [-0.1, -0.05) is 30.3 Å². The average molecular weight is 436 g/mol. The Morgan fingerprint density at radius 3 is 2.52 bits per heavy atom. The fourth-order valence-electron chi connectivity index (χ4n) is 3.68. The molecule has 0 fully saturated rings. The van der Waals surface area contributed by atoms with Gasteiger partial charge in [0.1, 0.15) is 11.6 Å². The normalized spacial score (nSPS) is 10.8. The summed E-state index contributed by atoms with van der Waals surface area (Å²) in [6.07, 6.45) is 4.81. The van der Waals surface area contributed by atoms with Gasteiger partial charge >= 0.3 is 0 Å². The van der Waals surface area contributed by atoms with Crippen molar-refractivity contribution in [2.75, 3.05) is 18.2 Å². The molecule has 0 aliphatic rings. The van der Waals surface area contributed by atoms with Gasteiger partial charge in [0.05, 0.1) is 18.2 Å². The summed E-state index contributed by atoms with van der Waals surface area (Å²) in [6.45, 7) is 0. The van der Waals surface area contributed by atoms with Crippen LogP contribution in [0.5, 0.6) is 5.75 Å².